The number of carboxylic acid groups (broad SMARTS) is 1. The number of carboxylic acids is 1. The van der Waals surface area contributed by atoms with Gasteiger partial charge in [0.2, 0.25) is 0 Å². The standard InChI is InChI=1S/C13H16N2O4S/c1-14-13(12(16)17)7-6-11(8-13)20-10-4-2-9(3-5-10)15(18)19/h2-5,11,14H,6-8H2,1H3,(H,16,17). The number of rotatable bonds is 5. The summed E-state index contributed by atoms with van der Waals surface area (Å²) < 4.78 is 0. The lowest BCUT2D eigenvalue weighted by Crippen LogP contribution is -2.48. The Labute approximate surface area is 120 Å². The number of thioether (sulfide) groups is 1. The molecule has 6 nitrogen and oxygen atoms in total. The van der Waals surface area contributed by atoms with Gasteiger partial charge in [-0.15, -0.1) is 11.8 Å². The summed E-state index contributed by atoms with van der Waals surface area (Å²) in [6, 6.07) is 6.37. The van der Waals surface area contributed by atoms with E-state index in [1.54, 1.807) is 30.9 Å². The maximum absolute atomic E-state index is 11.3. The zero-order valence-electron chi connectivity index (χ0n) is 11.0. The van der Waals surface area contributed by atoms with Gasteiger partial charge in [0.05, 0.1) is 4.92 Å². The number of nitro benzene ring substituents is 1. The van der Waals surface area contributed by atoms with Crippen LogP contribution in [-0.4, -0.2) is 33.8 Å². The molecule has 0 bridgehead atoms. The minimum absolute atomic E-state index is 0.0656. The predicted octanol–water partition coefficient (Wildman–Crippen LogP) is 2.28. The number of nitrogens with zero attached hydrogens (tertiary/aromatic N) is 1. The number of non-ortho nitro benzene ring substituents is 1. The molecule has 0 aromatic heterocycles. The number of benzene rings is 1. The predicted molar refractivity (Wildman–Crippen MR) is 76.0 cm³/mol. The summed E-state index contributed by atoms with van der Waals surface area (Å²) in [6.45, 7) is 0. The molecule has 1 saturated carbocycles. The lowest BCUT2D eigenvalue weighted by molar-refractivity contribution is -0.384. The highest BCUT2D eigenvalue weighted by Crippen LogP contribution is 2.40. The van der Waals surface area contributed by atoms with E-state index in [4.69, 9.17) is 0 Å². The van der Waals surface area contributed by atoms with Crippen molar-refractivity contribution in [3.05, 3.63) is 34.4 Å². The van der Waals surface area contributed by atoms with Gasteiger partial charge in [-0.25, -0.2) is 0 Å². The number of hydrogen-bond donors (Lipinski definition) is 2. The Morgan fingerprint density at radius 3 is 2.60 bits per heavy atom. The van der Waals surface area contributed by atoms with Crippen molar-refractivity contribution < 1.29 is 14.8 Å². The monoisotopic (exact) mass is 296 g/mol. The Kier molecular flexibility index (Phi) is 4.29. The van der Waals surface area contributed by atoms with Crippen LogP contribution < -0.4 is 5.32 Å². The van der Waals surface area contributed by atoms with Crippen molar-refractivity contribution in [2.24, 2.45) is 0 Å². The van der Waals surface area contributed by atoms with Gasteiger partial charge in [-0.3, -0.25) is 14.9 Å². The fourth-order valence-corrected chi connectivity index (χ4v) is 3.75. The van der Waals surface area contributed by atoms with Gasteiger partial charge in [-0.05, 0) is 38.4 Å². The Morgan fingerprint density at radius 2 is 2.15 bits per heavy atom. The van der Waals surface area contributed by atoms with E-state index in [1.807, 2.05) is 0 Å². The van der Waals surface area contributed by atoms with E-state index >= 15 is 0 Å². The number of hydrogen-bond acceptors (Lipinski definition) is 5. The number of nitrogens with one attached hydrogen (secondary N) is 1. The molecule has 0 radical (unpaired) electrons. The molecule has 0 spiro atoms. The maximum Gasteiger partial charge on any atom is 0.323 e. The highest BCUT2D eigenvalue weighted by Gasteiger charge is 2.44. The molecule has 2 atom stereocenters. The van der Waals surface area contributed by atoms with Crippen LogP contribution in [0, 0.1) is 10.1 Å². The van der Waals surface area contributed by atoms with Gasteiger partial charge in [0.1, 0.15) is 5.54 Å². The lowest BCUT2D eigenvalue weighted by Gasteiger charge is -2.23. The first-order valence-electron chi connectivity index (χ1n) is 6.30. The molecule has 0 amide bonds. The third-order valence-corrected chi connectivity index (χ3v) is 4.99. The molecule has 1 aromatic rings. The molecule has 1 fully saturated rings. The molecule has 7 heteroatoms. The Hall–Kier alpha value is -1.60. The largest absolute Gasteiger partial charge is 0.480 e. The van der Waals surface area contributed by atoms with E-state index in [9.17, 15) is 20.0 Å². The summed E-state index contributed by atoms with van der Waals surface area (Å²) in [7, 11) is 1.67. The molecule has 1 aliphatic rings. The van der Waals surface area contributed by atoms with Crippen molar-refractivity contribution in [3.8, 4) is 0 Å². The third-order valence-electron chi connectivity index (χ3n) is 3.71. The Morgan fingerprint density at radius 1 is 1.50 bits per heavy atom. The number of nitro groups is 1. The number of carbonyl (C=O) groups is 1. The second kappa shape index (κ2) is 5.80. The average Bonchev–Trinajstić information content (AvgIpc) is 2.84. The zero-order valence-corrected chi connectivity index (χ0v) is 11.9. The van der Waals surface area contributed by atoms with Crippen LogP contribution in [0.1, 0.15) is 19.3 Å². The average molecular weight is 296 g/mol. The van der Waals surface area contributed by atoms with Crippen LogP contribution in [-0.2, 0) is 4.79 Å². The third kappa shape index (κ3) is 2.94. The second-order valence-corrected chi connectivity index (χ2v) is 6.24. The highest BCUT2D eigenvalue weighted by molar-refractivity contribution is 8.00. The van der Waals surface area contributed by atoms with Crippen LogP contribution in [0.3, 0.4) is 0 Å². The lowest BCUT2D eigenvalue weighted by atomic mass is 9.99. The summed E-state index contributed by atoms with van der Waals surface area (Å²) in [6.07, 6.45) is 1.97. The van der Waals surface area contributed by atoms with Crippen molar-refractivity contribution in [1.82, 2.24) is 5.32 Å². The molecule has 108 valence electrons. The molecule has 20 heavy (non-hydrogen) atoms. The van der Waals surface area contributed by atoms with E-state index in [-0.39, 0.29) is 10.9 Å². The molecule has 2 rings (SSSR count). The van der Waals surface area contributed by atoms with Gasteiger partial charge < -0.3 is 10.4 Å². The van der Waals surface area contributed by atoms with Crippen molar-refractivity contribution in [2.75, 3.05) is 7.05 Å². The minimum Gasteiger partial charge on any atom is -0.480 e. The topological polar surface area (TPSA) is 92.5 Å². The van der Waals surface area contributed by atoms with Crippen molar-refractivity contribution >= 4 is 23.4 Å². The van der Waals surface area contributed by atoms with E-state index in [2.05, 4.69) is 5.32 Å². The smallest absolute Gasteiger partial charge is 0.323 e. The van der Waals surface area contributed by atoms with E-state index in [0.717, 1.165) is 11.3 Å². The van der Waals surface area contributed by atoms with Crippen molar-refractivity contribution in [2.45, 2.75) is 34.9 Å². The summed E-state index contributed by atoms with van der Waals surface area (Å²) >= 11 is 1.58. The molecule has 0 saturated heterocycles. The van der Waals surface area contributed by atoms with Gasteiger partial charge in [0.15, 0.2) is 0 Å². The summed E-state index contributed by atoms with van der Waals surface area (Å²) in [4.78, 5) is 22.4. The van der Waals surface area contributed by atoms with Crippen LogP contribution >= 0.6 is 11.8 Å². The van der Waals surface area contributed by atoms with Crippen molar-refractivity contribution in [1.29, 1.82) is 0 Å². The number of aliphatic carboxylic acids is 1. The first-order valence-corrected chi connectivity index (χ1v) is 7.18. The minimum atomic E-state index is -0.835. The fourth-order valence-electron chi connectivity index (χ4n) is 2.47. The van der Waals surface area contributed by atoms with E-state index in [1.165, 1.54) is 12.1 Å². The highest BCUT2D eigenvalue weighted by atomic mass is 32.2. The van der Waals surface area contributed by atoms with Gasteiger partial charge in [-0.1, -0.05) is 0 Å². The molecule has 0 heterocycles. The molecule has 1 aromatic carbocycles. The summed E-state index contributed by atoms with van der Waals surface area (Å²) in [5.41, 5.74) is -0.769. The first kappa shape index (κ1) is 14.8. The van der Waals surface area contributed by atoms with E-state index in [0.29, 0.717) is 12.8 Å². The Bertz CT molecular complexity index is 520. The molecular weight excluding hydrogens is 280 g/mol. The first-order chi connectivity index (χ1) is 9.47. The van der Waals surface area contributed by atoms with Crippen LogP contribution in [0.4, 0.5) is 5.69 Å². The summed E-state index contributed by atoms with van der Waals surface area (Å²) in [5, 5.41) is 23.0. The van der Waals surface area contributed by atoms with Crippen LogP contribution in [0.5, 0.6) is 0 Å². The normalized spacial score (nSPS) is 25.6. The van der Waals surface area contributed by atoms with Crippen LogP contribution in [0.15, 0.2) is 29.2 Å². The van der Waals surface area contributed by atoms with Gasteiger partial charge in [0.25, 0.3) is 5.69 Å². The second-order valence-electron chi connectivity index (χ2n) is 4.87. The van der Waals surface area contributed by atoms with Gasteiger partial charge in [-0.2, -0.15) is 0 Å². The molecular formula is C13H16N2O4S. The Balaban J connectivity index is 2.01. The van der Waals surface area contributed by atoms with Gasteiger partial charge in [0, 0.05) is 22.3 Å². The van der Waals surface area contributed by atoms with Gasteiger partial charge >= 0.3 is 5.97 Å². The molecule has 2 N–H and O–H groups in total. The van der Waals surface area contributed by atoms with Crippen molar-refractivity contribution in [3.63, 3.8) is 0 Å². The van der Waals surface area contributed by atoms with E-state index < -0.39 is 16.4 Å². The SMILES string of the molecule is CNC1(C(=O)O)CCC(Sc2ccc([N+](=O)[O-])cc2)C1. The fraction of sp³-hybridized carbons (Fsp3) is 0.462. The summed E-state index contributed by atoms with van der Waals surface area (Å²) in [5.74, 6) is -0.813. The molecule has 2 unspecified atom stereocenters. The zero-order chi connectivity index (χ0) is 14.8. The molecule has 0 aliphatic heterocycles. The quantitative estimate of drug-likeness (QED) is 0.639. The number of likely N-dealkylation sites (N-methyl/N-ethyl adjacent to an activating group) is 1. The van der Waals surface area contributed by atoms with Crippen LogP contribution in [0.2, 0.25) is 0 Å². The molecule has 1 aliphatic carbocycles. The maximum atomic E-state index is 11.3. The van der Waals surface area contributed by atoms with Crippen LogP contribution in [0.25, 0.3) is 0 Å².